The van der Waals surface area contributed by atoms with Crippen LogP contribution in [0.15, 0.2) is 4.99 Å². The Bertz CT molecular complexity index is 176. The van der Waals surface area contributed by atoms with Crippen molar-refractivity contribution in [2.24, 2.45) is 4.99 Å². The van der Waals surface area contributed by atoms with Crippen molar-refractivity contribution in [1.29, 1.82) is 0 Å². The van der Waals surface area contributed by atoms with Gasteiger partial charge in [-0.1, -0.05) is 20.3 Å². The number of aliphatic imine (C=N–C) groups is 1. The van der Waals surface area contributed by atoms with Gasteiger partial charge in [-0.05, 0) is 27.4 Å². The second kappa shape index (κ2) is 8.72. The third-order valence-corrected chi connectivity index (χ3v) is 2.20. The van der Waals surface area contributed by atoms with E-state index in [1.807, 2.05) is 0 Å². The predicted octanol–water partition coefficient (Wildman–Crippen LogP) is 2.13. The van der Waals surface area contributed by atoms with Crippen LogP contribution in [0.1, 0.15) is 40.0 Å². The Morgan fingerprint density at radius 2 is 2.00 bits per heavy atom. The summed E-state index contributed by atoms with van der Waals surface area (Å²) in [5.41, 5.74) is 0. The topological polar surface area (TPSA) is 27.6 Å². The number of rotatable bonds is 7. The molecule has 0 saturated heterocycles. The monoisotopic (exact) mass is 213 g/mol. The Kier molecular flexibility index (Phi) is 8.38. The van der Waals surface area contributed by atoms with Gasteiger partial charge in [0.05, 0.1) is 11.9 Å². The van der Waals surface area contributed by atoms with Crippen LogP contribution < -0.4 is 5.32 Å². The molecule has 0 aromatic rings. The highest BCUT2D eigenvalue weighted by Crippen LogP contribution is 1.95. The summed E-state index contributed by atoms with van der Waals surface area (Å²) in [5, 5.41) is 3.41. The van der Waals surface area contributed by atoms with E-state index >= 15 is 0 Å². The average molecular weight is 213 g/mol. The molecule has 0 spiro atoms. The summed E-state index contributed by atoms with van der Waals surface area (Å²) in [6.45, 7) is 8.59. The molecule has 90 valence electrons. The molecule has 0 fully saturated rings. The van der Waals surface area contributed by atoms with Crippen molar-refractivity contribution in [2.45, 2.75) is 46.1 Å². The van der Waals surface area contributed by atoms with E-state index in [9.17, 15) is 0 Å². The molecular weight excluding hydrogens is 186 g/mol. The molecule has 1 unspecified atom stereocenters. The zero-order chi connectivity index (χ0) is 11.7. The standard InChI is InChI=1S/C12H27N3/c1-6-8-9-13-12(7-2)14-11(3)10-15(4)5/h11H,6-10H2,1-5H3,(H,13,14). The molecule has 3 heteroatoms. The highest BCUT2D eigenvalue weighted by atomic mass is 15.1. The predicted molar refractivity (Wildman–Crippen MR) is 68.7 cm³/mol. The molecule has 0 aliphatic carbocycles. The van der Waals surface area contributed by atoms with Crippen LogP contribution in [0, 0.1) is 0 Å². The molecule has 0 aromatic carbocycles. The van der Waals surface area contributed by atoms with E-state index in [2.05, 4.69) is 50.1 Å². The average Bonchev–Trinajstić information content (AvgIpc) is 2.15. The lowest BCUT2D eigenvalue weighted by Gasteiger charge is -2.15. The maximum Gasteiger partial charge on any atom is 0.0964 e. The first-order chi connectivity index (χ1) is 7.10. The first kappa shape index (κ1) is 14.4. The molecule has 0 radical (unpaired) electrons. The van der Waals surface area contributed by atoms with Gasteiger partial charge in [0.1, 0.15) is 0 Å². The van der Waals surface area contributed by atoms with Crippen LogP contribution in [0.25, 0.3) is 0 Å². The van der Waals surface area contributed by atoms with Gasteiger partial charge in [-0.3, -0.25) is 4.99 Å². The first-order valence-electron chi connectivity index (χ1n) is 6.05. The Balaban J connectivity index is 3.95. The van der Waals surface area contributed by atoms with E-state index in [1.54, 1.807) is 0 Å². The Morgan fingerprint density at radius 3 is 2.47 bits per heavy atom. The van der Waals surface area contributed by atoms with Crippen molar-refractivity contribution in [2.75, 3.05) is 27.2 Å². The number of nitrogens with one attached hydrogen (secondary N) is 1. The van der Waals surface area contributed by atoms with Crippen LogP contribution in [0.3, 0.4) is 0 Å². The van der Waals surface area contributed by atoms with Gasteiger partial charge in [-0.25, -0.2) is 0 Å². The zero-order valence-corrected chi connectivity index (χ0v) is 11.0. The minimum Gasteiger partial charge on any atom is -0.374 e. The fourth-order valence-electron chi connectivity index (χ4n) is 1.51. The van der Waals surface area contributed by atoms with E-state index in [4.69, 9.17) is 0 Å². The number of likely N-dealkylation sites (N-methyl/N-ethyl adjacent to an activating group) is 1. The summed E-state index contributed by atoms with van der Waals surface area (Å²) in [6.07, 6.45) is 3.46. The minimum absolute atomic E-state index is 0.379. The molecule has 0 aliphatic heterocycles. The zero-order valence-electron chi connectivity index (χ0n) is 11.0. The molecular formula is C12H27N3. The fraction of sp³-hybridized carbons (Fsp3) is 0.917. The van der Waals surface area contributed by atoms with E-state index < -0.39 is 0 Å². The van der Waals surface area contributed by atoms with Gasteiger partial charge in [0.15, 0.2) is 0 Å². The number of unbranched alkanes of at least 4 members (excludes halogenated alkanes) is 1. The van der Waals surface area contributed by atoms with Gasteiger partial charge in [0, 0.05) is 19.5 Å². The van der Waals surface area contributed by atoms with Crippen molar-refractivity contribution in [1.82, 2.24) is 10.2 Å². The molecule has 0 saturated carbocycles. The Labute approximate surface area is 95.0 Å². The van der Waals surface area contributed by atoms with Gasteiger partial charge in [0.25, 0.3) is 0 Å². The lowest BCUT2D eigenvalue weighted by molar-refractivity contribution is 0.383. The van der Waals surface area contributed by atoms with Gasteiger partial charge in [-0.2, -0.15) is 0 Å². The van der Waals surface area contributed by atoms with E-state index in [-0.39, 0.29) is 0 Å². The SMILES string of the molecule is CCCCN/C(CC)=N/C(C)CN(C)C. The van der Waals surface area contributed by atoms with Gasteiger partial charge in [0.2, 0.25) is 0 Å². The smallest absolute Gasteiger partial charge is 0.0964 e. The van der Waals surface area contributed by atoms with Crippen molar-refractivity contribution < 1.29 is 0 Å². The van der Waals surface area contributed by atoms with Crippen molar-refractivity contribution >= 4 is 5.84 Å². The summed E-state index contributed by atoms with van der Waals surface area (Å²) in [7, 11) is 4.17. The highest BCUT2D eigenvalue weighted by Gasteiger charge is 2.02. The Morgan fingerprint density at radius 1 is 1.33 bits per heavy atom. The molecule has 0 amide bonds. The summed E-state index contributed by atoms with van der Waals surface area (Å²) in [6, 6.07) is 0.379. The fourth-order valence-corrected chi connectivity index (χ4v) is 1.51. The van der Waals surface area contributed by atoms with Crippen LogP contribution in [-0.4, -0.2) is 44.0 Å². The minimum atomic E-state index is 0.379. The molecule has 3 nitrogen and oxygen atoms in total. The van der Waals surface area contributed by atoms with Crippen LogP contribution in [-0.2, 0) is 0 Å². The number of hydrogen-bond donors (Lipinski definition) is 1. The molecule has 0 bridgehead atoms. The normalized spacial score (nSPS) is 14.4. The maximum atomic E-state index is 4.67. The summed E-state index contributed by atoms with van der Waals surface area (Å²) in [5.74, 6) is 1.15. The third-order valence-electron chi connectivity index (χ3n) is 2.20. The largest absolute Gasteiger partial charge is 0.374 e. The quantitative estimate of drug-likeness (QED) is 0.398. The van der Waals surface area contributed by atoms with Crippen molar-refractivity contribution in [3.63, 3.8) is 0 Å². The molecule has 0 rings (SSSR count). The molecule has 1 N–H and O–H groups in total. The summed E-state index contributed by atoms with van der Waals surface area (Å²) >= 11 is 0. The van der Waals surface area contributed by atoms with Crippen LogP contribution >= 0.6 is 0 Å². The molecule has 0 aromatic heterocycles. The number of hydrogen-bond acceptors (Lipinski definition) is 2. The summed E-state index contributed by atoms with van der Waals surface area (Å²) < 4.78 is 0. The highest BCUT2D eigenvalue weighted by molar-refractivity contribution is 5.81. The van der Waals surface area contributed by atoms with Crippen LogP contribution in [0.5, 0.6) is 0 Å². The molecule has 0 aliphatic rings. The second-order valence-corrected chi connectivity index (χ2v) is 4.32. The van der Waals surface area contributed by atoms with Crippen LogP contribution in [0.2, 0.25) is 0 Å². The molecule has 15 heavy (non-hydrogen) atoms. The van der Waals surface area contributed by atoms with E-state index in [0.717, 1.165) is 25.3 Å². The van der Waals surface area contributed by atoms with Crippen LogP contribution in [0.4, 0.5) is 0 Å². The number of amidine groups is 1. The van der Waals surface area contributed by atoms with Crippen molar-refractivity contribution in [3.05, 3.63) is 0 Å². The van der Waals surface area contributed by atoms with Crippen molar-refractivity contribution in [3.8, 4) is 0 Å². The third kappa shape index (κ3) is 8.43. The Hall–Kier alpha value is -0.570. The second-order valence-electron chi connectivity index (χ2n) is 4.32. The van der Waals surface area contributed by atoms with Gasteiger partial charge < -0.3 is 10.2 Å². The first-order valence-corrected chi connectivity index (χ1v) is 6.05. The van der Waals surface area contributed by atoms with Gasteiger partial charge in [-0.15, -0.1) is 0 Å². The summed E-state index contributed by atoms with van der Waals surface area (Å²) in [4.78, 5) is 6.84. The molecule has 1 atom stereocenters. The lowest BCUT2D eigenvalue weighted by Crippen LogP contribution is -2.28. The number of nitrogens with zero attached hydrogens (tertiary/aromatic N) is 2. The lowest BCUT2D eigenvalue weighted by atomic mass is 10.3. The van der Waals surface area contributed by atoms with Gasteiger partial charge >= 0.3 is 0 Å². The van der Waals surface area contributed by atoms with E-state index in [1.165, 1.54) is 12.8 Å². The maximum absolute atomic E-state index is 4.67. The molecule has 0 heterocycles. The van der Waals surface area contributed by atoms with E-state index in [0.29, 0.717) is 6.04 Å².